The van der Waals surface area contributed by atoms with Crippen molar-refractivity contribution in [2.75, 3.05) is 7.05 Å². The standard InChI is InChI=1S/C12H24N2O/c1-8-6-12(3,4)7-10(8)14-9(2)11(15)13-5/h8-10,14H,6-7H2,1-5H3,(H,13,15). The molecule has 0 aromatic heterocycles. The van der Waals surface area contributed by atoms with Crippen molar-refractivity contribution in [2.45, 2.75) is 52.6 Å². The molecule has 0 aromatic carbocycles. The van der Waals surface area contributed by atoms with Gasteiger partial charge in [0.1, 0.15) is 0 Å². The van der Waals surface area contributed by atoms with Gasteiger partial charge in [0.15, 0.2) is 0 Å². The Labute approximate surface area is 93.0 Å². The summed E-state index contributed by atoms with van der Waals surface area (Å²) >= 11 is 0. The third kappa shape index (κ3) is 3.20. The quantitative estimate of drug-likeness (QED) is 0.745. The van der Waals surface area contributed by atoms with E-state index in [1.54, 1.807) is 7.05 Å². The Kier molecular flexibility index (Phi) is 3.77. The maximum atomic E-state index is 11.4. The molecule has 0 radical (unpaired) electrons. The molecular formula is C12H24N2O. The Balaban J connectivity index is 2.49. The van der Waals surface area contributed by atoms with Crippen LogP contribution in [0.15, 0.2) is 0 Å². The molecule has 3 unspecified atom stereocenters. The fourth-order valence-electron chi connectivity index (χ4n) is 2.73. The predicted octanol–water partition coefficient (Wildman–Crippen LogP) is 1.54. The maximum Gasteiger partial charge on any atom is 0.236 e. The highest BCUT2D eigenvalue weighted by Crippen LogP contribution is 2.40. The average molecular weight is 212 g/mol. The van der Waals surface area contributed by atoms with E-state index < -0.39 is 0 Å². The maximum absolute atomic E-state index is 11.4. The van der Waals surface area contributed by atoms with E-state index in [1.165, 1.54) is 6.42 Å². The van der Waals surface area contributed by atoms with E-state index >= 15 is 0 Å². The van der Waals surface area contributed by atoms with Crippen LogP contribution in [0.5, 0.6) is 0 Å². The Morgan fingerprint density at radius 1 is 1.40 bits per heavy atom. The second kappa shape index (κ2) is 4.52. The summed E-state index contributed by atoms with van der Waals surface area (Å²) in [5.41, 5.74) is 0.416. The van der Waals surface area contributed by atoms with E-state index in [-0.39, 0.29) is 11.9 Å². The zero-order valence-corrected chi connectivity index (χ0v) is 10.6. The van der Waals surface area contributed by atoms with Crippen LogP contribution >= 0.6 is 0 Å². The van der Waals surface area contributed by atoms with Gasteiger partial charge in [-0.1, -0.05) is 20.8 Å². The Hall–Kier alpha value is -0.570. The van der Waals surface area contributed by atoms with E-state index in [1.807, 2.05) is 6.92 Å². The van der Waals surface area contributed by atoms with Crippen molar-refractivity contribution in [1.82, 2.24) is 10.6 Å². The Bertz CT molecular complexity index is 238. The number of hydrogen-bond donors (Lipinski definition) is 2. The molecule has 0 aromatic rings. The first-order valence-corrected chi connectivity index (χ1v) is 5.83. The third-order valence-corrected chi connectivity index (χ3v) is 3.44. The fourth-order valence-corrected chi connectivity index (χ4v) is 2.73. The van der Waals surface area contributed by atoms with Gasteiger partial charge in [-0.05, 0) is 31.1 Å². The molecule has 3 heteroatoms. The van der Waals surface area contributed by atoms with Gasteiger partial charge in [-0.25, -0.2) is 0 Å². The SMILES string of the molecule is CNC(=O)C(C)NC1CC(C)(C)CC1C. The van der Waals surface area contributed by atoms with Crippen molar-refractivity contribution in [1.29, 1.82) is 0 Å². The number of carbonyl (C=O) groups is 1. The highest BCUT2D eigenvalue weighted by atomic mass is 16.2. The molecule has 15 heavy (non-hydrogen) atoms. The molecule has 0 aliphatic heterocycles. The average Bonchev–Trinajstić information content (AvgIpc) is 2.38. The summed E-state index contributed by atoms with van der Waals surface area (Å²) in [6, 6.07) is 0.392. The molecule has 1 rings (SSSR count). The Morgan fingerprint density at radius 3 is 2.40 bits per heavy atom. The van der Waals surface area contributed by atoms with Gasteiger partial charge in [-0.2, -0.15) is 0 Å². The van der Waals surface area contributed by atoms with Gasteiger partial charge >= 0.3 is 0 Å². The summed E-state index contributed by atoms with van der Waals surface area (Å²) in [7, 11) is 1.68. The number of nitrogens with one attached hydrogen (secondary N) is 2. The van der Waals surface area contributed by atoms with E-state index in [0.717, 1.165) is 6.42 Å². The largest absolute Gasteiger partial charge is 0.358 e. The molecule has 88 valence electrons. The van der Waals surface area contributed by atoms with Crippen LogP contribution in [0.25, 0.3) is 0 Å². The van der Waals surface area contributed by atoms with E-state index in [2.05, 4.69) is 31.4 Å². The summed E-state index contributed by atoms with van der Waals surface area (Å²) < 4.78 is 0. The topological polar surface area (TPSA) is 41.1 Å². The molecule has 0 saturated heterocycles. The van der Waals surface area contributed by atoms with Gasteiger partial charge in [0, 0.05) is 13.1 Å². The summed E-state index contributed by atoms with van der Waals surface area (Å²) in [5.74, 6) is 0.735. The Morgan fingerprint density at radius 2 is 2.00 bits per heavy atom. The van der Waals surface area contributed by atoms with E-state index in [0.29, 0.717) is 17.4 Å². The molecule has 3 nitrogen and oxygen atoms in total. The lowest BCUT2D eigenvalue weighted by molar-refractivity contribution is -0.122. The monoisotopic (exact) mass is 212 g/mol. The minimum absolute atomic E-state index is 0.0758. The second-order valence-corrected chi connectivity index (χ2v) is 5.66. The van der Waals surface area contributed by atoms with Crippen molar-refractivity contribution < 1.29 is 4.79 Å². The van der Waals surface area contributed by atoms with E-state index in [9.17, 15) is 4.79 Å². The molecule has 1 fully saturated rings. The van der Waals surface area contributed by atoms with Crippen molar-refractivity contribution >= 4 is 5.91 Å². The minimum atomic E-state index is -0.0867. The van der Waals surface area contributed by atoms with Gasteiger partial charge < -0.3 is 10.6 Å². The fraction of sp³-hybridized carbons (Fsp3) is 0.917. The van der Waals surface area contributed by atoms with Crippen LogP contribution in [0, 0.1) is 11.3 Å². The molecule has 1 saturated carbocycles. The predicted molar refractivity (Wildman–Crippen MR) is 62.6 cm³/mol. The molecule has 3 atom stereocenters. The van der Waals surface area contributed by atoms with Crippen molar-refractivity contribution in [2.24, 2.45) is 11.3 Å². The highest BCUT2D eigenvalue weighted by molar-refractivity contribution is 5.80. The van der Waals surface area contributed by atoms with Crippen LogP contribution in [0.4, 0.5) is 0 Å². The number of amides is 1. The smallest absolute Gasteiger partial charge is 0.236 e. The zero-order chi connectivity index (χ0) is 11.6. The molecule has 1 aliphatic carbocycles. The van der Waals surface area contributed by atoms with Gasteiger partial charge in [0.2, 0.25) is 5.91 Å². The van der Waals surface area contributed by atoms with Crippen LogP contribution in [0.1, 0.15) is 40.5 Å². The van der Waals surface area contributed by atoms with E-state index in [4.69, 9.17) is 0 Å². The summed E-state index contributed by atoms with van der Waals surface area (Å²) in [4.78, 5) is 11.4. The molecule has 1 amide bonds. The third-order valence-electron chi connectivity index (χ3n) is 3.44. The van der Waals surface area contributed by atoms with Crippen LogP contribution in [0.2, 0.25) is 0 Å². The van der Waals surface area contributed by atoms with Crippen LogP contribution < -0.4 is 10.6 Å². The van der Waals surface area contributed by atoms with Gasteiger partial charge in [0.25, 0.3) is 0 Å². The molecule has 0 bridgehead atoms. The minimum Gasteiger partial charge on any atom is -0.358 e. The molecule has 1 aliphatic rings. The van der Waals surface area contributed by atoms with Crippen LogP contribution in [0.3, 0.4) is 0 Å². The van der Waals surface area contributed by atoms with Crippen molar-refractivity contribution in [3.05, 3.63) is 0 Å². The molecule has 0 heterocycles. The lowest BCUT2D eigenvalue weighted by Crippen LogP contribution is -2.46. The molecular weight excluding hydrogens is 188 g/mol. The highest BCUT2D eigenvalue weighted by Gasteiger charge is 2.37. The van der Waals surface area contributed by atoms with Crippen LogP contribution in [-0.2, 0) is 4.79 Å². The van der Waals surface area contributed by atoms with Gasteiger partial charge in [0.05, 0.1) is 6.04 Å². The zero-order valence-electron chi connectivity index (χ0n) is 10.6. The van der Waals surface area contributed by atoms with Crippen LogP contribution in [-0.4, -0.2) is 25.0 Å². The summed E-state index contributed by atoms with van der Waals surface area (Å²) in [6.07, 6.45) is 2.40. The first kappa shape index (κ1) is 12.5. The van der Waals surface area contributed by atoms with Gasteiger partial charge in [-0.3, -0.25) is 4.79 Å². The normalized spacial score (nSPS) is 31.3. The first-order valence-electron chi connectivity index (χ1n) is 5.83. The lowest BCUT2D eigenvalue weighted by atomic mass is 9.91. The van der Waals surface area contributed by atoms with Crippen molar-refractivity contribution in [3.8, 4) is 0 Å². The number of likely N-dealkylation sites (N-methyl/N-ethyl adjacent to an activating group) is 1. The number of carbonyl (C=O) groups excluding carboxylic acids is 1. The molecule has 2 N–H and O–H groups in total. The number of rotatable bonds is 3. The lowest BCUT2D eigenvalue weighted by Gasteiger charge is -2.22. The van der Waals surface area contributed by atoms with Crippen molar-refractivity contribution in [3.63, 3.8) is 0 Å². The summed E-state index contributed by atoms with van der Waals surface area (Å²) in [5, 5.41) is 6.10. The first-order chi connectivity index (χ1) is 6.85. The molecule has 0 spiro atoms. The second-order valence-electron chi connectivity index (χ2n) is 5.66. The van der Waals surface area contributed by atoms with Gasteiger partial charge in [-0.15, -0.1) is 0 Å². The summed E-state index contributed by atoms with van der Waals surface area (Å²) in [6.45, 7) is 8.80. The number of hydrogen-bond acceptors (Lipinski definition) is 2.